The SMILES string of the molecule is C=c1cccc/c1=C(\C)C=NC. The third kappa shape index (κ3) is 1.82. The fraction of sp³-hybridized carbons (Fsp3) is 0.182. The Morgan fingerprint density at radius 1 is 1.42 bits per heavy atom. The predicted octanol–water partition coefficient (Wildman–Crippen LogP) is 0.968. The highest BCUT2D eigenvalue weighted by Crippen LogP contribution is 1.82. The van der Waals surface area contributed by atoms with Gasteiger partial charge in [-0.25, -0.2) is 0 Å². The van der Waals surface area contributed by atoms with Crippen LogP contribution in [0.3, 0.4) is 0 Å². The van der Waals surface area contributed by atoms with E-state index >= 15 is 0 Å². The fourth-order valence-corrected chi connectivity index (χ4v) is 1.17. The van der Waals surface area contributed by atoms with Crippen molar-refractivity contribution in [1.29, 1.82) is 0 Å². The summed E-state index contributed by atoms with van der Waals surface area (Å²) >= 11 is 0. The van der Waals surface area contributed by atoms with Crippen LogP contribution >= 0.6 is 0 Å². The third-order valence-electron chi connectivity index (χ3n) is 1.76. The van der Waals surface area contributed by atoms with Crippen LogP contribution in [0.5, 0.6) is 0 Å². The molecule has 0 bridgehead atoms. The summed E-state index contributed by atoms with van der Waals surface area (Å²) in [5.41, 5.74) is 1.16. The van der Waals surface area contributed by atoms with Gasteiger partial charge in [0.2, 0.25) is 0 Å². The van der Waals surface area contributed by atoms with Gasteiger partial charge in [-0.1, -0.05) is 30.8 Å². The Hall–Kier alpha value is -1.37. The lowest BCUT2D eigenvalue weighted by Crippen LogP contribution is -2.24. The second kappa shape index (κ2) is 3.86. The molecule has 0 unspecified atom stereocenters. The topological polar surface area (TPSA) is 12.4 Å². The van der Waals surface area contributed by atoms with Gasteiger partial charge in [0.05, 0.1) is 0 Å². The average Bonchev–Trinajstić information content (AvgIpc) is 2.05. The molecule has 0 saturated carbocycles. The highest BCUT2D eigenvalue weighted by atomic mass is 14.6. The van der Waals surface area contributed by atoms with Gasteiger partial charge in [-0.2, -0.15) is 0 Å². The summed E-state index contributed by atoms with van der Waals surface area (Å²) in [7, 11) is 1.77. The molecule has 0 aliphatic heterocycles. The molecule has 0 aliphatic rings. The van der Waals surface area contributed by atoms with Crippen LogP contribution < -0.4 is 10.4 Å². The van der Waals surface area contributed by atoms with Crippen LogP contribution in [-0.4, -0.2) is 13.3 Å². The lowest BCUT2D eigenvalue weighted by molar-refractivity contribution is 1.45. The Labute approximate surface area is 72.8 Å². The summed E-state index contributed by atoms with van der Waals surface area (Å²) in [6.45, 7) is 5.98. The fourth-order valence-electron chi connectivity index (χ4n) is 1.17. The van der Waals surface area contributed by atoms with Gasteiger partial charge in [0.1, 0.15) is 0 Å². The van der Waals surface area contributed by atoms with E-state index in [1.165, 1.54) is 5.22 Å². The summed E-state index contributed by atoms with van der Waals surface area (Å²) in [4.78, 5) is 3.96. The molecule has 62 valence electrons. The van der Waals surface area contributed by atoms with E-state index < -0.39 is 0 Å². The molecule has 0 radical (unpaired) electrons. The third-order valence-corrected chi connectivity index (χ3v) is 1.76. The van der Waals surface area contributed by atoms with Crippen LogP contribution in [0, 0.1) is 0 Å². The lowest BCUT2D eigenvalue weighted by Gasteiger charge is -1.91. The molecule has 1 nitrogen and oxygen atoms in total. The molecular weight excluding hydrogens is 146 g/mol. The minimum Gasteiger partial charge on any atom is -0.296 e. The van der Waals surface area contributed by atoms with Gasteiger partial charge in [-0.05, 0) is 22.9 Å². The van der Waals surface area contributed by atoms with E-state index in [9.17, 15) is 0 Å². The molecular formula is C11H13N. The molecule has 1 rings (SSSR count). The lowest BCUT2D eigenvalue weighted by atomic mass is 10.2. The van der Waals surface area contributed by atoms with E-state index in [0.29, 0.717) is 0 Å². The molecule has 0 atom stereocenters. The van der Waals surface area contributed by atoms with Crippen LogP contribution in [0.15, 0.2) is 29.3 Å². The van der Waals surface area contributed by atoms with Crippen molar-refractivity contribution in [3.63, 3.8) is 0 Å². The molecule has 0 heterocycles. The van der Waals surface area contributed by atoms with Crippen LogP contribution in [0.1, 0.15) is 6.92 Å². The van der Waals surface area contributed by atoms with E-state index in [1.54, 1.807) is 7.05 Å². The van der Waals surface area contributed by atoms with Crippen molar-refractivity contribution >= 4 is 18.4 Å². The normalized spacial score (nSPS) is 13.5. The minimum atomic E-state index is 1.05. The van der Waals surface area contributed by atoms with Crippen molar-refractivity contribution in [3.8, 4) is 0 Å². The zero-order valence-corrected chi connectivity index (χ0v) is 7.54. The number of hydrogen-bond acceptors (Lipinski definition) is 1. The van der Waals surface area contributed by atoms with Crippen LogP contribution in [0.25, 0.3) is 12.2 Å². The summed E-state index contributed by atoms with van der Waals surface area (Å²) in [5.74, 6) is 0. The molecule has 0 fully saturated rings. The van der Waals surface area contributed by atoms with E-state index in [0.717, 1.165) is 10.8 Å². The maximum Gasteiger partial charge on any atom is 0.0277 e. The largest absolute Gasteiger partial charge is 0.296 e. The summed E-state index contributed by atoms with van der Waals surface area (Å²) in [6.07, 6.45) is 1.85. The Kier molecular flexibility index (Phi) is 2.81. The number of rotatable bonds is 1. The summed E-state index contributed by atoms with van der Waals surface area (Å²) in [5, 5.41) is 2.22. The number of hydrogen-bond donors (Lipinski definition) is 0. The standard InChI is InChI=1S/C11H13N/c1-9-6-4-5-7-11(9)10(2)8-12-3/h4-8H,1H2,2-3H3/b11-10-,12-8?. The molecule has 1 aromatic rings. The van der Waals surface area contributed by atoms with E-state index in [2.05, 4.69) is 17.6 Å². The van der Waals surface area contributed by atoms with Gasteiger partial charge in [0.15, 0.2) is 0 Å². The van der Waals surface area contributed by atoms with Crippen molar-refractivity contribution in [1.82, 2.24) is 0 Å². The summed E-state index contributed by atoms with van der Waals surface area (Å²) in [6, 6.07) is 8.06. The van der Waals surface area contributed by atoms with Gasteiger partial charge >= 0.3 is 0 Å². The van der Waals surface area contributed by atoms with Crippen LogP contribution in [0.2, 0.25) is 0 Å². The average molecular weight is 159 g/mol. The zero-order valence-electron chi connectivity index (χ0n) is 7.54. The smallest absolute Gasteiger partial charge is 0.0277 e. The van der Waals surface area contributed by atoms with Crippen LogP contribution in [0.4, 0.5) is 0 Å². The minimum absolute atomic E-state index is 1.05. The van der Waals surface area contributed by atoms with Crippen LogP contribution in [-0.2, 0) is 0 Å². The summed E-state index contributed by atoms with van der Waals surface area (Å²) < 4.78 is 0. The molecule has 12 heavy (non-hydrogen) atoms. The Balaban J connectivity index is 3.45. The number of aliphatic imine (C=N–C) groups is 1. The van der Waals surface area contributed by atoms with E-state index in [1.807, 2.05) is 31.3 Å². The Morgan fingerprint density at radius 3 is 2.67 bits per heavy atom. The monoisotopic (exact) mass is 159 g/mol. The molecule has 1 heteroatoms. The maximum absolute atomic E-state index is 3.96. The van der Waals surface area contributed by atoms with Crippen molar-refractivity contribution in [2.45, 2.75) is 6.92 Å². The Bertz CT molecular complexity index is 388. The van der Waals surface area contributed by atoms with E-state index in [-0.39, 0.29) is 0 Å². The number of benzene rings is 1. The van der Waals surface area contributed by atoms with Gasteiger partial charge < -0.3 is 0 Å². The van der Waals surface area contributed by atoms with Gasteiger partial charge in [0.25, 0.3) is 0 Å². The van der Waals surface area contributed by atoms with Gasteiger partial charge in [0, 0.05) is 13.3 Å². The molecule has 0 aromatic heterocycles. The van der Waals surface area contributed by atoms with E-state index in [4.69, 9.17) is 0 Å². The van der Waals surface area contributed by atoms with Crippen molar-refractivity contribution < 1.29 is 0 Å². The second-order valence-corrected chi connectivity index (χ2v) is 2.73. The number of nitrogens with zero attached hydrogens (tertiary/aromatic N) is 1. The van der Waals surface area contributed by atoms with Crippen molar-refractivity contribution in [2.75, 3.05) is 7.05 Å². The highest BCUT2D eigenvalue weighted by molar-refractivity contribution is 6.00. The highest BCUT2D eigenvalue weighted by Gasteiger charge is 1.85. The maximum atomic E-state index is 3.96. The first-order valence-corrected chi connectivity index (χ1v) is 3.92. The van der Waals surface area contributed by atoms with Crippen molar-refractivity contribution in [2.24, 2.45) is 4.99 Å². The molecule has 0 amide bonds. The molecule has 0 aliphatic carbocycles. The first-order valence-electron chi connectivity index (χ1n) is 3.92. The molecule has 0 saturated heterocycles. The van der Waals surface area contributed by atoms with Crippen molar-refractivity contribution in [3.05, 3.63) is 34.7 Å². The first kappa shape index (κ1) is 8.72. The Morgan fingerprint density at radius 2 is 2.08 bits per heavy atom. The predicted molar refractivity (Wildman–Crippen MR) is 54.7 cm³/mol. The molecule has 0 spiro atoms. The zero-order chi connectivity index (χ0) is 8.97. The second-order valence-electron chi connectivity index (χ2n) is 2.73. The molecule has 0 N–H and O–H groups in total. The first-order chi connectivity index (χ1) is 5.75. The van der Waals surface area contributed by atoms with Gasteiger partial charge in [-0.3, -0.25) is 4.99 Å². The molecule has 1 aromatic carbocycles. The quantitative estimate of drug-likeness (QED) is 0.541. The van der Waals surface area contributed by atoms with Gasteiger partial charge in [-0.15, -0.1) is 0 Å².